The summed E-state index contributed by atoms with van der Waals surface area (Å²) < 4.78 is 0. The van der Waals surface area contributed by atoms with Crippen LogP contribution in [0.5, 0.6) is 0 Å². The van der Waals surface area contributed by atoms with E-state index in [0.29, 0.717) is 0 Å². The van der Waals surface area contributed by atoms with Crippen molar-refractivity contribution in [2.75, 3.05) is 0 Å². The van der Waals surface area contributed by atoms with Crippen molar-refractivity contribution in [2.24, 2.45) is 0 Å². The Morgan fingerprint density at radius 2 is 1.43 bits per heavy atom. The van der Waals surface area contributed by atoms with E-state index in [0.717, 1.165) is 0 Å². The molecular formula is C9H6N4O. The summed E-state index contributed by atoms with van der Waals surface area (Å²) in [7, 11) is 0. The standard InChI is InChI=1S/C9H6N4O/c14-9(7-3-1-5-10-12-7)8-4-2-6-11-13-8/h1-6H. The Morgan fingerprint density at radius 3 is 1.79 bits per heavy atom. The molecule has 0 bridgehead atoms. The lowest BCUT2D eigenvalue weighted by Gasteiger charge is -1.95. The van der Waals surface area contributed by atoms with Gasteiger partial charge in [0.2, 0.25) is 5.78 Å². The van der Waals surface area contributed by atoms with E-state index in [1.54, 1.807) is 24.3 Å². The van der Waals surface area contributed by atoms with Gasteiger partial charge in [0.15, 0.2) is 0 Å². The lowest BCUT2D eigenvalue weighted by molar-refractivity contribution is 0.102. The van der Waals surface area contributed by atoms with Gasteiger partial charge in [-0.25, -0.2) is 0 Å². The molecular weight excluding hydrogens is 180 g/mol. The molecule has 0 aromatic carbocycles. The molecule has 0 amide bonds. The normalized spacial score (nSPS) is 9.71. The number of carbonyl (C=O) groups excluding carboxylic acids is 1. The second-order valence-electron chi connectivity index (χ2n) is 2.55. The maximum absolute atomic E-state index is 11.6. The molecule has 0 unspecified atom stereocenters. The molecule has 5 heteroatoms. The topological polar surface area (TPSA) is 68.6 Å². The molecule has 0 spiro atoms. The van der Waals surface area contributed by atoms with Crippen LogP contribution in [0, 0.1) is 0 Å². The van der Waals surface area contributed by atoms with Gasteiger partial charge < -0.3 is 0 Å². The summed E-state index contributed by atoms with van der Waals surface area (Å²) in [5.41, 5.74) is 0.543. The Hall–Kier alpha value is -2.17. The third kappa shape index (κ3) is 1.61. The van der Waals surface area contributed by atoms with Crippen LogP contribution in [0.2, 0.25) is 0 Å². The van der Waals surface area contributed by atoms with Crippen LogP contribution < -0.4 is 0 Å². The molecule has 0 saturated carbocycles. The fourth-order valence-electron chi connectivity index (χ4n) is 0.976. The number of hydrogen-bond donors (Lipinski definition) is 0. The first-order valence-corrected chi connectivity index (χ1v) is 3.98. The van der Waals surface area contributed by atoms with Gasteiger partial charge in [-0.2, -0.15) is 10.2 Å². The van der Waals surface area contributed by atoms with E-state index in [9.17, 15) is 4.79 Å². The minimum atomic E-state index is -0.272. The highest BCUT2D eigenvalue weighted by Crippen LogP contribution is 2.01. The van der Waals surface area contributed by atoms with Crippen LogP contribution in [0.4, 0.5) is 0 Å². The molecule has 68 valence electrons. The van der Waals surface area contributed by atoms with Crippen LogP contribution in [-0.2, 0) is 0 Å². The first kappa shape index (κ1) is 8.43. The van der Waals surface area contributed by atoms with Crippen molar-refractivity contribution in [2.45, 2.75) is 0 Å². The average Bonchev–Trinajstić information content (AvgIpc) is 2.30. The smallest absolute Gasteiger partial charge is 0.233 e. The van der Waals surface area contributed by atoms with Gasteiger partial charge in [0.25, 0.3) is 0 Å². The monoisotopic (exact) mass is 186 g/mol. The quantitative estimate of drug-likeness (QED) is 0.638. The maximum Gasteiger partial charge on any atom is 0.233 e. The highest BCUT2D eigenvalue weighted by atomic mass is 16.1. The highest BCUT2D eigenvalue weighted by Gasteiger charge is 2.11. The number of aromatic nitrogens is 4. The van der Waals surface area contributed by atoms with Gasteiger partial charge in [-0.3, -0.25) is 4.79 Å². The maximum atomic E-state index is 11.6. The molecule has 5 nitrogen and oxygen atoms in total. The molecule has 0 fully saturated rings. The number of ketones is 1. The van der Waals surface area contributed by atoms with E-state index in [1.807, 2.05) is 0 Å². The molecule has 0 N–H and O–H groups in total. The van der Waals surface area contributed by atoms with Gasteiger partial charge in [0.1, 0.15) is 11.4 Å². The van der Waals surface area contributed by atoms with Crippen LogP contribution in [0.15, 0.2) is 36.7 Å². The molecule has 2 aromatic heterocycles. The van der Waals surface area contributed by atoms with E-state index >= 15 is 0 Å². The average molecular weight is 186 g/mol. The molecule has 0 aliphatic rings. The molecule has 0 atom stereocenters. The molecule has 2 rings (SSSR count). The minimum absolute atomic E-state index is 0.271. The largest absolute Gasteiger partial charge is 0.285 e. The molecule has 14 heavy (non-hydrogen) atoms. The fourth-order valence-corrected chi connectivity index (χ4v) is 0.976. The van der Waals surface area contributed by atoms with Crippen LogP contribution in [0.1, 0.15) is 16.2 Å². The summed E-state index contributed by atoms with van der Waals surface area (Å²) in [5, 5.41) is 14.6. The predicted octanol–water partition coefficient (Wildman–Crippen LogP) is 0.498. The van der Waals surface area contributed by atoms with Crippen molar-refractivity contribution in [1.29, 1.82) is 0 Å². The second kappa shape index (κ2) is 3.69. The predicted molar refractivity (Wildman–Crippen MR) is 47.5 cm³/mol. The zero-order valence-corrected chi connectivity index (χ0v) is 7.16. The van der Waals surface area contributed by atoms with Crippen LogP contribution in [0.3, 0.4) is 0 Å². The highest BCUT2D eigenvalue weighted by molar-refractivity contribution is 6.05. The summed E-state index contributed by atoms with van der Waals surface area (Å²) in [6.45, 7) is 0. The van der Waals surface area contributed by atoms with Gasteiger partial charge in [0.05, 0.1) is 0 Å². The molecule has 2 heterocycles. The third-order valence-electron chi connectivity index (χ3n) is 1.61. The molecule has 0 aliphatic carbocycles. The second-order valence-corrected chi connectivity index (χ2v) is 2.55. The number of hydrogen-bond acceptors (Lipinski definition) is 5. The Morgan fingerprint density at radius 1 is 0.929 bits per heavy atom. The van der Waals surface area contributed by atoms with Gasteiger partial charge >= 0.3 is 0 Å². The van der Waals surface area contributed by atoms with Crippen LogP contribution in [-0.4, -0.2) is 26.2 Å². The summed E-state index contributed by atoms with van der Waals surface area (Å²) in [6, 6.07) is 6.47. The first-order valence-electron chi connectivity index (χ1n) is 3.98. The Labute approximate surface area is 79.8 Å². The lowest BCUT2D eigenvalue weighted by Crippen LogP contribution is -2.07. The Bertz CT molecular complexity index is 388. The number of rotatable bonds is 2. The minimum Gasteiger partial charge on any atom is -0.285 e. The van der Waals surface area contributed by atoms with Gasteiger partial charge in [-0.05, 0) is 24.3 Å². The van der Waals surface area contributed by atoms with E-state index in [4.69, 9.17) is 0 Å². The van der Waals surface area contributed by atoms with E-state index in [2.05, 4.69) is 20.4 Å². The Kier molecular flexibility index (Phi) is 2.22. The van der Waals surface area contributed by atoms with Crippen molar-refractivity contribution in [1.82, 2.24) is 20.4 Å². The molecule has 0 saturated heterocycles. The summed E-state index contributed by atoms with van der Waals surface area (Å²) in [5.74, 6) is -0.272. The lowest BCUT2D eigenvalue weighted by atomic mass is 10.2. The van der Waals surface area contributed by atoms with Gasteiger partial charge in [0, 0.05) is 12.4 Å². The van der Waals surface area contributed by atoms with Crippen LogP contribution in [0.25, 0.3) is 0 Å². The van der Waals surface area contributed by atoms with Crippen molar-refractivity contribution in [3.05, 3.63) is 48.0 Å². The Balaban J connectivity index is 2.35. The molecule has 0 radical (unpaired) electrons. The zero-order chi connectivity index (χ0) is 9.80. The third-order valence-corrected chi connectivity index (χ3v) is 1.61. The van der Waals surface area contributed by atoms with Crippen molar-refractivity contribution in [3.63, 3.8) is 0 Å². The van der Waals surface area contributed by atoms with Crippen molar-refractivity contribution >= 4 is 5.78 Å². The summed E-state index contributed by atoms with van der Waals surface area (Å²) in [4.78, 5) is 11.6. The molecule has 0 aliphatic heterocycles. The van der Waals surface area contributed by atoms with Crippen molar-refractivity contribution < 1.29 is 4.79 Å². The number of carbonyl (C=O) groups is 1. The molecule has 2 aromatic rings. The van der Waals surface area contributed by atoms with Gasteiger partial charge in [-0.1, -0.05) is 0 Å². The first-order chi connectivity index (χ1) is 6.88. The van der Waals surface area contributed by atoms with Crippen molar-refractivity contribution in [3.8, 4) is 0 Å². The van der Waals surface area contributed by atoms with Gasteiger partial charge in [-0.15, -0.1) is 10.2 Å². The SMILES string of the molecule is O=C(c1cccnn1)c1cccnn1. The fraction of sp³-hybridized carbons (Fsp3) is 0. The zero-order valence-electron chi connectivity index (χ0n) is 7.16. The van der Waals surface area contributed by atoms with E-state index in [1.165, 1.54) is 12.4 Å². The number of nitrogens with zero attached hydrogens (tertiary/aromatic N) is 4. The summed E-state index contributed by atoms with van der Waals surface area (Å²) >= 11 is 0. The summed E-state index contributed by atoms with van der Waals surface area (Å²) in [6.07, 6.45) is 3.01. The van der Waals surface area contributed by atoms with E-state index in [-0.39, 0.29) is 17.2 Å². The van der Waals surface area contributed by atoms with E-state index < -0.39 is 0 Å². The van der Waals surface area contributed by atoms with Crippen LogP contribution >= 0.6 is 0 Å².